The van der Waals surface area contributed by atoms with Crippen molar-refractivity contribution in [2.75, 3.05) is 19.6 Å². The summed E-state index contributed by atoms with van der Waals surface area (Å²) in [5.41, 5.74) is 1.93. The molecule has 0 bridgehead atoms. The van der Waals surface area contributed by atoms with Crippen molar-refractivity contribution in [3.8, 4) is 0 Å². The minimum atomic E-state index is -0.0670. The van der Waals surface area contributed by atoms with E-state index >= 15 is 0 Å². The van der Waals surface area contributed by atoms with Crippen molar-refractivity contribution in [3.05, 3.63) is 35.4 Å². The van der Waals surface area contributed by atoms with Crippen molar-refractivity contribution in [2.24, 2.45) is 5.92 Å². The highest BCUT2D eigenvalue weighted by Gasteiger charge is 2.09. The Morgan fingerprint density at radius 3 is 2.32 bits per heavy atom. The summed E-state index contributed by atoms with van der Waals surface area (Å²) in [4.78, 5) is 23.7. The van der Waals surface area contributed by atoms with Crippen LogP contribution in [0.1, 0.15) is 49.5 Å². The highest BCUT2D eigenvalue weighted by molar-refractivity contribution is 5.97. The molecule has 1 rings (SSSR count). The maximum atomic E-state index is 12.1. The number of benzene rings is 1. The molecule has 4 heteroatoms. The molecule has 0 fully saturated rings. The number of carbonyl (C=O) groups is 2. The zero-order valence-electron chi connectivity index (χ0n) is 13.9. The minimum absolute atomic E-state index is 0.0259. The van der Waals surface area contributed by atoms with E-state index in [9.17, 15) is 9.59 Å². The molecular formula is C18H28N2O2. The number of hydrogen-bond donors (Lipinski definition) is 2. The average Bonchev–Trinajstić information content (AvgIpc) is 2.49. The smallest absolute Gasteiger partial charge is 0.220 e. The fourth-order valence-corrected chi connectivity index (χ4v) is 2.22. The van der Waals surface area contributed by atoms with Gasteiger partial charge >= 0.3 is 0 Å². The molecule has 0 heterocycles. The van der Waals surface area contributed by atoms with Gasteiger partial charge in [-0.2, -0.15) is 0 Å². The van der Waals surface area contributed by atoms with Gasteiger partial charge in [0.05, 0.1) is 0 Å². The van der Waals surface area contributed by atoms with Crippen LogP contribution in [0.25, 0.3) is 0 Å². The lowest BCUT2D eigenvalue weighted by atomic mass is 9.99. The predicted octanol–water partition coefficient (Wildman–Crippen LogP) is 2.57. The molecule has 0 aromatic heterocycles. The van der Waals surface area contributed by atoms with E-state index in [1.54, 1.807) is 0 Å². The summed E-state index contributed by atoms with van der Waals surface area (Å²) < 4.78 is 0. The first-order chi connectivity index (χ1) is 10.5. The van der Waals surface area contributed by atoms with Crippen LogP contribution in [0, 0.1) is 5.92 Å². The molecule has 0 aliphatic heterocycles. The van der Waals surface area contributed by atoms with Crippen LogP contribution < -0.4 is 10.6 Å². The molecule has 0 saturated heterocycles. The quantitative estimate of drug-likeness (QED) is 0.516. The van der Waals surface area contributed by atoms with Crippen molar-refractivity contribution in [2.45, 2.75) is 40.0 Å². The summed E-state index contributed by atoms with van der Waals surface area (Å²) in [6.07, 6.45) is 1.53. The Kier molecular flexibility index (Phi) is 8.44. The third kappa shape index (κ3) is 7.36. The van der Waals surface area contributed by atoms with Crippen LogP contribution in [-0.2, 0) is 11.2 Å². The van der Waals surface area contributed by atoms with E-state index in [4.69, 9.17) is 0 Å². The molecule has 0 radical (unpaired) electrons. The molecular weight excluding hydrogens is 276 g/mol. The molecule has 0 aliphatic rings. The highest BCUT2D eigenvalue weighted by Crippen LogP contribution is 2.11. The maximum Gasteiger partial charge on any atom is 0.220 e. The lowest BCUT2D eigenvalue weighted by molar-refractivity contribution is -0.121. The number of amides is 1. The van der Waals surface area contributed by atoms with Crippen molar-refractivity contribution in [3.63, 3.8) is 0 Å². The maximum absolute atomic E-state index is 12.1. The molecule has 2 N–H and O–H groups in total. The number of Topliss-reactive ketones (excluding diaryl/α,β-unsaturated/α-hetero) is 1. The van der Waals surface area contributed by atoms with E-state index in [0.717, 1.165) is 19.5 Å². The zero-order chi connectivity index (χ0) is 16.4. The molecule has 0 spiro atoms. The molecule has 1 aromatic rings. The fraction of sp³-hybridized carbons (Fsp3) is 0.556. The van der Waals surface area contributed by atoms with E-state index in [0.29, 0.717) is 18.0 Å². The fourth-order valence-electron chi connectivity index (χ4n) is 2.22. The van der Waals surface area contributed by atoms with Gasteiger partial charge in [0.1, 0.15) is 0 Å². The molecule has 0 unspecified atom stereocenters. The van der Waals surface area contributed by atoms with E-state index in [-0.39, 0.29) is 24.5 Å². The van der Waals surface area contributed by atoms with Crippen molar-refractivity contribution in [1.82, 2.24) is 10.6 Å². The summed E-state index contributed by atoms with van der Waals surface area (Å²) in [7, 11) is 0. The van der Waals surface area contributed by atoms with Gasteiger partial charge in [0.25, 0.3) is 0 Å². The molecule has 122 valence electrons. The standard InChI is InChI=1S/C18H28N2O2/c1-4-19-11-12-20-18(22)10-9-17(21)16-7-5-15(6-8-16)13-14(2)3/h5-8,14,19H,4,9-13H2,1-3H3,(H,20,22). The van der Waals surface area contributed by atoms with E-state index in [1.165, 1.54) is 5.56 Å². The van der Waals surface area contributed by atoms with Crippen LogP contribution in [0.3, 0.4) is 0 Å². The Bertz CT molecular complexity index is 466. The lowest BCUT2D eigenvalue weighted by Gasteiger charge is -2.07. The Balaban J connectivity index is 2.34. The molecule has 22 heavy (non-hydrogen) atoms. The molecule has 1 amide bonds. The summed E-state index contributed by atoms with van der Waals surface area (Å²) in [6.45, 7) is 8.62. The molecule has 4 nitrogen and oxygen atoms in total. The van der Waals surface area contributed by atoms with E-state index < -0.39 is 0 Å². The predicted molar refractivity (Wildman–Crippen MR) is 90.1 cm³/mol. The lowest BCUT2D eigenvalue weighted by Crippen LogP contribution is -2.31. The summed E-state index contributed by atoms with van der Waals surface area (Å²) in [5, 5.41) is 5.93. The van der Waals surface area contributed by atoms with Crippen LogP contribution in [0.5, 0.6) is 0 Å². The third-order valence-corrected chi connectivity index (χ3v) is 3.37. The van der Waals surface area contributed by atoms with Crippen LogP contribution in [-0.4, -0.2) is 31.3 Å². The Morgan fingerprint density at radius 2 is 1.73 bits per heavy atom. The topological polar surface area (TPSA) is 58.2 Å². The second-order valence-electron chi connectivity index (χ2n) is 5.92. The second kappa shape index (κ2) is 10.1. The van der Waals surface area contributed by atoms with Crippen molar-refractivity contribution >= 4 is 11.7 Å². The van der Waals surface area contributed by atoms with Gasteiger partial charge in [0.15, 0.2) is 5.78 Å². The van der Waals surface area contributed by atoms with Crippen LogP contribution in [0.2, 0.25) is 0 Å². The molecule has 0 atom stereocenters. The SMILES string of the molecule is CCNCCNC(=O)CCC(=O)c1ccc(CC(C)C)cc1. The second-order valence-corrected chi connectivity index (χ2v) is 5.92. The van der Waals surface area contributed by atoms with Crippen LogP contribution in [0.15, 0.2) is 24.3 Å². The number of nitrogens with one attached hydrogen (secondary N) is 2. The number of likely N-dealkylation sites (N-methyl/N-ethyl adjacent to an activating group) is 1. The average molecular weight is 304 g/mol. The van der Waals surface area contributed by atoms with E-state index in [2.05, 4.69) is 24.5 Å². The summed E-state index contributed by atoms with van der Waals surface area (Å²) >= 11 is 0. The number of hydrogen-bond acceptors (Lipinski definition) is 3. The molecule has 1 aromatic carbocycles. The van der Waals surface area contributed by atoms with Gasteiger partial charge in [-0.3, -0.25) is 9.59 Å². The first-order valence-electron chi connectivity index (χ1n) is 8.12. The Labute approximate surface area is 133 Å². The first-order valence-corrected chi connectivity index (χ1v) is 8.12. The third-order valence-electron chi connectivity index (χ3n) is 3.37. The zero-order valence-corrected chi connectivity index (χ0v) is 13.9. The highest BCUT2D eigenvalue weighted by atomic mass is 16.2. The van der Waals surface area contributed by atoms with Crippen LogP contribution >= 0.6 is 0 Å². The van der Waals surface area contributed by atoms with Gasteiger partial charge in [-0.1, -0.05) is 45.0 Å². The van der Waals surface area contributed by atoms with Gasteiger partial charge in [0, 0.05) is 31.5 Å². The van der Waals surface area contributed by atoms with Crippen molar-refractivity contribution < 1.29 is 9.59 Å². The minimum Gasteiger partial charge on any atom is -0.355 e. The normalized spacial score (nSPS) is 10.7. The Morgan fingerprint density at radius 1 is 1.05 bits per heavy atom. The van der Waals surface area contributed by atoms with Crippen molar-refractivity contribution in [1.29, 1.82) is 0 Å². The Hall–Kier alpha value is -1.68. The molecule has 0 aliphatic carbocycles. The van der Waals surface area contributed by atoms with Gasteiger partial charge in [-0.05, 0) is 24.4 Å². The number of rotatable bonds is 10. The van der Waals surface area contributed by atoms with Gasteiger partial charge in [0.2, 0.25) is 5.91 Å². The first kappa shape index (κ1) is 18.4. The van der Waals surface area contributed by atoms with Gasteiger partial charge in [-0.25, -0.2) is 0 Å². The largest absolute Gasteiger partial charge is 0.355 e. The summed E-state index contributed by atoms with van der Waals surface area (Å²) in [5.74, 6) is 0.563. The van der Waals surface area contributed by atoms with Crippen LogP contribution in [0.4, 0.5) is 0 Å². The molecule has 0 saturated carbocycles. The summed E-state index contributed by atoms with van der Waals surface area (Å²) in [6, 6.07) is 7.74. The van der Waals surface area contributed by atoms with Gasteiger partial charge < -0.3 is 10.6 Å². The number of carbonyl (C=O) groups excluding carboxylic acids is 2. The van der Waals surface area contributed by atoms with Gasteiger partial charge in [-0.15, -0.1) is 0 Å². The monoisotopic (exact) mass is 304 g/mol. The number of ketones is 1. The van der Waals surface area contributed by atoms with E-state index in [1.807, 2.05) is 31.2 Å².